The van der Waals surface area contributed by atoms with Crippen molar-refractivity contribution in [3.05, 3.63) is 0 Å². The monoisotopic (exact) mass is 432 g/mol. The maximum Gasteiger partial charge on any atom is 0.228 e. The number of carbonyl (C=O) groups excluding carboxylic acids is 1. The van der Waals surface area contributed by atoms with Crippen molar-refractivity contribution in [1.29, 1.82) is 0 Å². The zero-order valence-corrected chi connectivity index (χ0v) is 17.4. The lowest BCUT2D eigenvalue weighted by Crippen LogP contribution is -2.60. The molecule has 5 nitrogen and oxygen atoms in total. The van der Waals surface area contributed by atoms with Gasteiger partial charge in [0.1, 0.15) is 0 Å². The van der Waals surface area contributed by atoms with Crippen LogP contribution in [0.15, 0.2) is 0 Å². The summed E-state index contributed by atoms with van der Waals surface area (Å²) in [5, 5.41) is 0. The van der Waals surface area contributed by atoms with Gasteiger partial charge >= 0.3 is 0 Å². The van der Waals surface area contributed by atoms with Crippen molar-refractivity contribution in [2.24, 2.45) is 23.2 Å². The average Bonchev–Trinajstić information content (AvgIpc) is 2.49. The summed E-state index contributed by atoms with van der Waals surface area (Å²) >= 11 is 4.00. The van der Waals surface area contributed by atoms with Crippen LogP contribution in [-0.4, -0.2) is 49.4 Å². The van der Waals surface area contributed by atoms with Crippen LogP contribution in [-0.2, 0) is 14.8 Å². The molecule has 3 unspecified atom stereocenters. The van der Waals surface area contributed by atoms with Gasteiger partial charge in [-0.15, -0.1) is 0 Å². The minimum Gasteiger partial charge on any atom is -0.342 e. The zero-order valence-electron chi connectivity index (χ0n) is 15.0. The van der Waals surface area contributed by atoms with Gasteiger partial charge in [-0.2, -0.15) is 0 Å². The van der Waals surface area contributed by atoms with Gasteiger partial charge in [0.15, 0.2) is 0 Å². The van der Waals surface area contributed by atoms with Crippen molar-refractivity contribution in [3.63, 3.8) is 0 Å². The number of nitrogens with zero attached hydrogens (tertiary/aromatic N) is 1. The molecule has 4 bridgehead atoms. The van der Waals surface area contributed by atoms with Crippen LogP contribution >= 0.6 is 15.9 Å². The molecule has 5 fully saturated rings. The second kappa shape index (κ2) is 6.20. The van der Waals surface area contributed by atoms with Crippen LogP contribution in [0.4, 0.5) is 0 Å². The van der Waals surface area contributed by atoms with Crippen LogP contribution in [0.3, 0.4) is 0 Å². The molecule has 0 aromatic carbocycles. The molecule has 0 aromatic heterocycles. The summed E-state index contributed by atoms with van der Waals surface area (Å²) in [6.07, 6.45) is 10.1. The Morgan fingerprint density at radius 2 is 1.92 bits per heavy atom. The molecule has 5 aliphatic rings. The molecule has 0 radical (unpaired) electrons. The van der Waals surface area contributed by atoms with Crippen molar-refractivity contribution in [2.75, 3.05) is 25.9 Å². The highest BCUT2D eigenvalue weighted by molar-refractivity contribution is 9.10. The van der Waals surface area contributed by atoms with Crippen LogP contribution < -0.4 is 4.72 Å². The Bertz CT molecular complexity index is 651. The molecule has 5 rings (SSSR count). The van der Waals surface area contributed by atoms with Crippen LogP contribution in [0.25, 0.3) is 0 Å². The Kier molecular flexibility index (Phi) is 4.52. The highest BCUT2D eigenvalue weighted by Gasteiger charge is 2.60. The predicted octanol–water partition coefficient (Wildman–Crippen LogP) is 2.51. The number of halogens is 1. The Morgan fingerprint density at radius 3 is 2.52 bits per heavy atom. The van der Waals surface area contributed by atoms with E-state index in [4.69, 9.17) is 0 Å². The van der Waals surface area contributed by atoms with E-state index in [1.165, 1.54) is 25.5 Å². The van der Waals surface area contributed by atoms with Crippen LogP contribution in [0.1, 0.15) is 51.4 Å². The minimum absolute atomic E-state index is 0.153. The van der Waals surface area contributed by atoms with Crippen molar-refractivity contribution in [2.45, 2.75) is 55.7 Å². The quantitative estimate of drug-likeness (QED) is 0.693. The van der Waals surface area contributed by atoms with Gasteiger partial charge in [0.05, 0.1) is 11.7 Å². The molecule has 4 saturated carbocycles. The molecule has 142 valence electrons. The van der Waals surface area contributed by atoms with Crippen molar-refractivity contribution >= 4 is 31.9 Å². The number of rotatable bonds is 4. The lowest BCUT2D eigenvalue weighted by molar-refractivity contribution is -0.157. The Labute approximate surface area is 159 Å². The van der Waals surface area contributed by atoms with Gasteiger partial charge in [0.2, 0.25) is 15.9 Å². The fraction of sp³-hybridized carbons (Fsp3) is 0.944. The molecule has 25 heavy (non-hydrogen) atoms. The number of hydrogen-bond donors (Lipinski definition) is 1. The summed E-state index contributed by atoms with van der Waals surface area (Å²) in [7, 11) is -3.17. The summed E-state index contributed by atoms with van der Waals surface area (Å²) in [6.45, 7) is 1.98. The summed E-state index contributed by atoms with van der Waals surface area (Å²) in [6, 6.07) is 0. The number of amides is 1. The molecule has 1 aliphatic heterocycles. The first-order valence-corrected chi connectivity index (χ1v) is 12.3. The molecule has 1 heterocycles. The van der Waals surface area contributed by atoms with E-state index in [1.807, 2.05) is 0 Å². The smallest absolute Gasteiger partial charge is 0.228 e. The van der Waals surface area contributed by atoms with E-state index < -0.39 is 10.0 Å². The van der Waals surface area contributed by atoms with E-state index in [0.717, 1.165) is 38.6 Å². The third kappa shape index (κ3) is 3.65. The summed E-state index contributed by atoms with van der Waals surface area (Å²) in [5.74, 6) is 2.00. The number of carbonyl (C=O) groups is 1. The van der Waals surface area contributed by atoms with Crippen molar-refractivity contribution < 1.29 is 13.2 Å². The fourth-order valence-corrected chi connectivity index (χ4v) is 8.41. The molecule has 3 atom stereocenters. The van der Waals surface area contributed by atoms with Crippen molar-refractivity contribution in [1.82, 2.24) is 9.62 Å². The van der Waals surface area contributed by atoms with E-state index >= 15 is 0 Å². The number of hydrogen-bond acceptors (Lipinski definition) is 3. The lowest BCUT2D eigenvalue weighted by Gasteiger charge is -2.60. The molecule has 1 amide bonds. The number of likely N-dealkylation sites (tertiary alicyclic amines) is 1. The Balaban J connectivity index is 1.45. The first kappa shape index (κ1) is 18.2. The summed E-state index contributed by atoms with van der Waals surface area (Å²) in [5.41, 5.74) is -0.153. The lowest BCUT2D eigenvalue weighted by atomic mass is 9.49. The SMILES string of the molecule is CS(=O)(=O)NCC1CCCN(C(=O)C23CC4CC(CC(Br)(C4)C2)C3)C1. The summed E-state index contributed by atoms with van der Waals surface area (Å²) < 4.78 is 25.5. The molecule has 0 spiro atoms. The Morgan fingerprint density at radius 1 is 1.24 bits per heavy atom. The fourth-order valence-electron chi connectivity index (χ4n) is 6.42. The highest BCUT2D eigenvalue weighted by Crippen LogP contribution is 2.64. The van der Waals surface area contributed by atoms with Gasteiger partial charge in [0, 0.05) is 24.0 Å². The zero-order chi connectivity index (χ0) is 17.9. The van der Waals surface area contributed by atoms with Gasteiger partial charge in [-0.1, -0.05) is 15.9 Å². The van der Waals surface area contributed by atoms with E-state index in [0.29, 0.717) is 30.8 Å². The van der Waals surface area contributed by atoms with E-state index in [9.17, 15) is 13.2 Å². The summed E-state index contributed by atoms with van der Waals surface area (Å²) in [4.78, 5) is 15.6. The highest BCUT2D eigenvalue weighted by atomic mass is 79.9. The second-order valence-corrected chi connectivity index (χ2v) is 12.8. The van der Waals surface area contributed by atoms with Gasteiger partial charge in [-0.3, -0.25) is 4.79 Å². The van der Waals surface area contributed by atoms with Gasteiger partial charge < -0.3 is 4.90 Å². The molecule has 4 aliphatic carbocycles. The van der Waals surface area contributed by atoms with Gasteiger partial charge in [-0.05, 0) is 69.1 Å². The number of alkyl halides is 1. The first-order valence-electron chi connectivity index (χ1n) is 9.59. The average molecular weight is 433 g/mol. The van der Waals surface area contributed by atoms with Crippen molar-refractivity contribution in [3.8, 4) is 0 Å². The largest absolute Gasteiger partial charge is 0.342 e. The number of piperidine rings is 1. The molecular formula is C18H29BrN2O3S. The maximum absolute atomic E-state index is 13.5. The Hall–Kier alpha value is -0.140. The second-order valence-electron chi connectivity index (χ2n) is 9.27. The van der Waals surface area contributed by atoms with E-state index in [-0.39, 0.29) is 15.7 Å². The maximum atomic E-state index is 13.5. The van der Waals surface area contributed by atoms with Gasteiger partial charge in [-0.25, -0.2) is 13.1 Å². The standard InChI is InChI=1S/C18H29BrN2O3S/c1-25(23,24)20-10-13-3-2-4-21(11-13)16(22)17-6-14-5-15(7-17)9-18(19,8-14)12-17/h13-15,20H,2-12H2,1H3. The molecule has 1 saturated heterocycles. The van der Waals surface area contributed by atoms with E-state index in [1.54, 1.807) is 0 Å². The first-order chi connectivity index (χ1) is 11.7. The molecule has 7 heteroatoms. The molecule has 1 N–H and O–H groups in total. The number of sulfonamides is 1. The van der Waals surface area contributed by atoms with Crippen LogP contribution in [0.5, 0.6) is 0 Å². The predicted molar refractivity (Wildman–Crippen MR) is 101 cm³/mol. The topological polar surface area (TPSA) is 66.5 Å². The number of nitrogens with one attached hydrogen (secondary N) is 1. The van der Waals surface area contributed by atoms with E-state index in [2.05, 4.69) is 25.6 Å². The third-order valence-electron chi connectivity index (χ3n) is 6.88. The third-order valence-corrected chi connectivity index (χ3v) is 8.50. The molecular weight excluding hydrogens is 404 g/mol. The normalized spacial score (nSPS) is 43.4. The van der Waals surface area contributed by atoms with Gasteiger partial charge in [0.25, 0.3) is 0 Å². The van der Waals surface area contributed by atoms with Crippen LogP contribution in [0.2, 0.25) is 0 Å². The van der Waals surface area contributed by atoms with Crippen LogP contribution in [0, 0.1) is 23.2 Å². The minimum atomic E-state index is -3.17. The molecule has 0 aromatic rings.